The Kier molecular flexibility index (Phi) is 9.57. The molecule has 1 atom stereocenters. The zero-order valence-electron chi connectivity index (χ0n) is 17.8. The lowest BCUT2D eigenvalue weighted by atomic mass is 10.1. The molecule has 0 amide bonds. The highest BCUT2D eigenvalue weighted by molar-refractivity contribution is 5.69. The Labute approximate surface area is 177 Å². The average Bonchev–Trinajstić information content (AvgIpc) is 2.73. The number of hydrogen-bond donors (Lipinski definition) is 1. The SMILES string of the molecule is CCCC(=O)OCC(O)CN(Cc1ccc(F)cc1)Cc1cccc(OC)c1OC. The molecule has 164 valence electrons. The Morgan fingerprint density at radius 2 is 1.83 bits per heavy atom. The molecule has 0 radical (unpaired) electrons. The molecule has 2 aromatic rings. The van der Waals surface area contributed by atoms with Gasteiger partial charge in [-0.25, -0.2) is 4.39 Å². The molecule has 0 fully saturated rings. The first-order valence-corrected chi connectivity index (χ1v) is 9.97. The number of aliphatic hydroxyl groups excluding tert-OH is 1. The maximum atomic E-state index is 13.3. The van der Waals surface area contributed by atoms with Crippen molar-refractivity contribution in [2.75, 3.05) is 27.4 Å². The van der Waals surface area contributed by atoms with Crippen molar-refractivity contribution in [1.82, 2.24) is 4.90 Å². The molecule has 0 saturated heterocycles. The van der Waals surface area contributed by atoms with Crippen molar-refractivity contribution in [1.29, 1.82) is 0 Å². The number of hydrogen-bond acceptors (Lipinski definition) is 6. The van der Waals surface area contributed by atoms with Gasteiger partial charge < -0.3 is 19.3 Å². The van der Waals surface area contributed by atoms with E-state index in [0.29, 0.717) is 37.4 Å². The summed E-state index contributed by atoms with van der Waals surface area (Å²) in [7, 11) is 3.15. The molecule has 2 rings (SSSR count). The molecule has 6 nitrogen and oxygen atoms in total. The first-order chi connectivity index (χ1) is 14.5. The molecule has 0 spiro atoms. The van der Waals surface area contributed by atoms with Crippen LogP contribution in [0, 0.1) is 5.82 Å². The predicted octanol–water partition coefficient (Wildman–Crippen LogP) is 3.55. The minimum atomic E-state index is -0.858. The van der Waals surface area contributed by atoms with E-state index < -0.39 is 6.10 Å². The van der Waals surface area contributed by atoms with Crippen LogP contribution >= 0.6 is 0 Å². The summed E-state index contributed by atoms with van der Waals surface area (Å²) in [6.45, 7) is 3.01. The number of benzene rings is 2. The highest BCUT2D eigenvalue weighted by Crippen LogP contribution is 2.31. The monoisotopic (exact) mass is 419 g/mol. The van der Waals surface area contributed by atoms with Gasteiger partial charge in [-0.05, 0) is 30.2 Å². The van der Waals surface area contributed by atoms with Gasteiger partial charge in [-0.1, -0.05) is 31.2 Å². The fourth-order valence-corrected chi connectivity index (χ4v) is 3.17. The van der Waals surface area contributed by atoms with E-state index in [1.807, 2.05) is 30.0 Å². The summed E-state index contributed by atoms with van der Waals surface area (Å²) in [6, 6.07) is 11.8. The Morgan fingerprint density at radius 1 is 1.10 bits per heavy atom. The molecule has 7 heteroatoms. The van der Waals surface area contributed by atoms with Crippen LogP contribution in [0.3, 0.4) is 0 Å². The van der Waals surface area contributed by atoms with Crippen molar-refractivity contribution in [3.05, 3.63) is 59.4 Å². The zero-order chi connectivity index (χ0) is 21.9. The van der Waals surface area contributed by atoms with Crippen LogP contribution in [0.25, 0.3) is 0 Å². The quantitative estimate of drug-likeness (QED) is 0.531. The smallest absolute Gasteiger partial charge is 0.305 e. The second-order valence-electron chi connectivity index (χ2n) is 7.04. The summed E-state index contributed by atoms with van der Waals surface area (Å²) in [6.07, 6.45) is 0.164. The zero-order valence-corrected chi connectivity index (χ0v) is 17.8. The maximum Gasteiger partial charge on any atom is 0.305 e. The van der Waals surface area contributed by atoms with E-state index in [4.69, 9.17) is 14.2 Å². The molecule has 1 unspecified atom stereocenters. The molecule has 1 N–H and O–H groups in total. The highest BCUT2D eigenvalue weighted by atomic mass is 19.1. The standard InChI is InChI=1S/C23H30FNO5/c1-4-6-22(27)30-16-20(26)15-25(13-17-9-11-19(24)12-10-17)14-18-7-5-8-21(28-2)23(18)29-3/h5,7-12,20,26H,4,6,13-16H2,1-3H3. The largest absolute Gasteiger partial charge is 0.493 e. The van der Waals surface area contributed by atoms with Gasteiger partial charge in [0, 0.05) is 31.6 Å². The number of halogens is 1. The average molecular weight is 419 g/mol. The summed E-state index contributed by atoms with van der Waals surface area (Å²) in [5, 5.41) is 10.4. The summed E-state index contributed by atoms with van der Waals surface area (Å²) in [5.74, 6) is 0.609. The van der Waals surface area contributed by atoms with Gasteiger partial charge in [0.1, 0.15) is 18.5 Å². The highest BCUT2D eigenvalue weighted by Gasteiger charge is 2.18. The van der Waals surface area contributed by atoms with E-state index in [1.54, 1.807) is 26.4 Å². The van der Waals surface area contributed by atoms with E-state index >= 15 is 0 Å². The van der Waals surface area contributed by atoms with Crippen molar-refractivity contribution in [2.45, 2.75) is 39.0 Å². The lowest BCUT2D eigenvalue weighted by Gasteiger charge is -2.26. The predicted molar refractivity (Wildman–Crippen MR) is 112 cm³/mol. The summed E-state index contributed by atoms with van der Waals surface area (Å²) in [5.41, 5.74) is 1.78. The van der Waals surface area contributed by atoms with E-state index in [1.165, 1.54) is 12.1 Å². The van der Waals surface area contributed by atoms with Crippen LogP contribution in [0.15, 0.2) is 42.5 Å². The van der Waals surface area contributed by atoms with Crippen molar-refractivity contribution in [3.8, 4) is 11.5 Å². The molecular formula is C23H30FNO5. The Bertz CT molecular complexity index is 797. The molecule has 0 heterocycles. The fraction of sp³-hybridized carbons (Fsp3) is 0.435. The van der Waals surface area contributed by atoms with Crippen LogP contribution in [-0.4, -0.2) is 49.5 Å². The number of para-hydroxylation sites is 1. The molecule has 0 aliphatic heterocycles. The molecular weight excluding hydrogens is 389 g/mol. The summed E-state index contributed by atoms with van der Waals surface area (Å²) in [4.78, 5) is 13.6. The van der Waals surface area contributed by atoms with Gasteiger partial charge >= 0.3 is 5.97 Å². The molecule has 0 aliphatic carbocycles. The number of esters is 1. The molecule has 2 aromatic carbocycles. The third-order valence-electron chi connectivity index (χ3n) is 4.56. The van der Waals surface area contributed by atoms with Gasteiger partial charge in [0.2, 0.25) is 0 Å². The normalized spacial score (nSPS) is 11.9. The number of ether oxygens (including phenoxy) is 3. The van der Waals surface area contributed by atoms with Crippen molar-refractivity contribution >= 4 is 5.97 Å². The lowest BCUT2D eigenvalue weighted by molar-refractivity contribution is -0.147. The van der Waals surface area contributed by atoms with Gasteiger partial charge in [-0.2, -0.15) is 0 Å². The van der Waals surface area contributed by atoms with Crippen LogP contribution < -0.4 is 9.47 Å². The van der Waals surface area contributed by atoms with Crippen LogP contribution in [-0.2, 0) is 22.6 Å². The fourth-order valence-electron chi connectivity index (χ4n) is 3.17. The number of methoxy groups -OCH3 is 2. The van der Waals surface area contributed by atoms with Gasteiger partial charge in [-0.3, -0.25) is 9.69 Å². The van der Waals surface area contributed by atoms with Crippen molar-refractivity contribution in [3.63, 3.8) is 0 Å². The molecule has 0 aromatic heterocycles. The summed E-state index contributed by atoms with van der Waals surface area (Å²) < 4.78 is 29.3. The van der Waals surface area contributed by atoms with Gasteiger partial charge in [0.05, 0.1) is 14.2 Å². The van der Waals surface area contributed by atoms with Crippen LogP contribution in [0.4, 0.5) is 4.39 Å². The second kappa shape index (κ2) is 12.1. The Hall–Kier alpha value is -2.64. The summed E-state index contributed by atoms with van der Waals surface area (Å²) >= 11 is 0. The van der Waals surface area contributed by atoms with Crippen molar-refractivity contribution < 1.29 is 28.5 Å². The molecule has 0 aliphatic rings. The van der Waals surface area contributed by atoms with E-state index in [-0.39, 0.29) is 24.9 Å². The Balaban J connectivity index is 2.14. The number of carbonyl (C=O) groups is 1. The van der Waals surface area contributed by atoms with Gasteiger partial charge in [-0.15, -0.1) is 0 Å². The number of nitrogens with zero attached hydrogens (tertiary/aromatic N) is 1. The Morgan fingerprint density at radius 3 is 2.47 bits per heavy atom. The van der Waals surface area contributed by atoms with Crippen molar-refractivity contribution in [2.24, 2.45) is 0 Å². The van der Waals surface area contributed by atoms with E-state index in [9.17, 15) is 14.3 Å². The van der Waals surface area contributed by atoms with Gasteiger partial charge in [0.25, 0.3) is 0 Å². The molecule has 30 heavy (non-hydrogen) atoms. The topological polar surface area (TPSA) is 68.2 Å². The maximum absolute atomic E-state index is 13.3. The first kappa shape index (κ1) is 23.6. The number of carbonyl (C=O) groups excluding carboxylic acids is 1. The van der Waals surface area contributed by atoms with E-state index in [2.05, 4.69) is 0 Å². The molecule has 0 bridgehead atoms. The van der Waals surface area contributed by atoms with Gasteiger partial charge in [0.15, 0.2) is 11.5 Å². The second-order valence-corrected chi connectivity index (χ2v) is 7.04. The number of rotatable bonds is 12. The minimum Gasteiger partial charge on any atom is -0.493 e. The minimum absolute atomic E-state index is 0.0754. The molecule has 0 saturated carbocycles. The van der Waals surface area contributed by atoms with Crippen LogP contribution in [0.5, 0.6) is 11.5 Å². The van der Waals surface area contributed by atoms with E-state index in [0.717, 1.165) is 11.1 Å². The number of aliphatic hydroxyl groups is 1. The lowest BCUT2D eigenvalue weighted by Crippen LogP contribution is -2.35. The third kappa shape index (κ3) is 7.31. The first-order valence-electron chi connectivity index (χ1n) is 9.97. The van der Waals surface area contributed by atoms with Crippen LogP contribution in [0.1, 0.15) is 30.9 Å². The van der Waals surface area contributed by atoms with Crippen LogP contribution in [0.2, 0.25) is 0 Å². The third-order valence-corrected chi connectivity index (χ3v) is 4.56.